The molecule has 2 rings (SSSR count). The predicted octanol–water partition coefficient (Wildman–Crippen LogP) is 3.07. The monoisotopic (exact) mass is 290 g/mol. The zero-order valence-electron chi connectivity index (χ0n) is 12.5. The van der Waals surface area contributed by atoms with Crippen LogP contribution in [0.5, 0.6) is 0 Å². The fourth-order valence-corrected chi connectivity index (χ4v) is 2.82. The van der Waals surface area contributed by atoms with Gasteiger partial charge in [-0.05, 0) is 43.9 Å². The minimum atomic E-state index is -0.813. The Morgan fingerprint density at radius 3 is 2.52 bits per heavy atom. The summed E-state index contributed by atoms with van der Waals surface area (Å²) in [6.07, 6.45) is 3.08. The molecule has 0 bridgehead atoms. The number of urea groups is 1. The number of nitrogens with one attached hydrogen (secondary N) is 2. The number of carboxylic acids is 1. The van der Waals surface area contributed by atoms with Gasteiger partial charge in [-0.2, -0.15) is 0 Å². The largest absolute Gasteiger partial charge is 0.481 e. The van der Waals surface area contributed by atoms with Crippen molar-refractivity contribution in [1.82, 2.24) is 5.32 Å². The molecule has 0 atom stereocenters. The van der Waals surface area contributed by atoms with E-state index in [1.165, 1.54) is 0 Å². The second kappa shape index (κ2) is 6.16. The van der Waals surface area contributed by atoms with Crippen LogP contribution in [0.15, 0.2) is 18.2 Å². The second-order valence-electron chi connectivity index (χ2n) is 5.85. The number of aryl methyl sites for hydroxylation is 1. The molecule has 0 aromatic heterocycles. The van der Waals surface area contributed by atoms with E-state index in [1.807, 2.05) is 32.0 Å². The van der Waals surface area contributed by atoms with E-state index >= 15 is 0 Å². The Kier molecular flexibility index (Phi) is 4.50. The highest BCUT2D eigenvalue weighted by atomic mass is 16.4. The van der Waals surface area contributed by atoms with Crippen molar-refractivity contribution in [2.75, 3.05) is 11.9 Å². The number of carboxylic acid groups (broad SMARTS) is 1. The Balaban J connectivity index is 1.96. The van der Waals surface area contributed by atoms with E-state index in [0.29, 0.717) is 12.8 Å². The summed E-state index contributed by atoms with van der Waals surface area (Å²) in [4.78, 5) is 23.4. The van der Waals surface area contributed by atoms with E-state index in [4.69, 9.17) is 0 Å². The fourth-order valence-electron chi connectivity index (χ4n) is 2.82. The van der Waals surface area contributed by atoms with E-state index in [-0.39, 0.29) is 12.6 Å². The number of aliphatic carboxylic acids is 1. The average molecular weight is 290 g/mol. The molecule has 0 unspecified atom stereocenters. The van der Waals surface area contributed by atoms with Gasteiger partial charge in [-0.15, -0.1) is 0 Å². The molecular formula is C16H22N2O3. The van der Waals surface area contributed by atoms with Crippen LogP contribution in [0.2, 0.25) is 0 Å². The third kappa shape index (κ3) is 3.35. The highest BCUT2D eigenvalue weighted by Crippen LogP contribution is 2.37. The first-order valence-electron chi connectivity index (χ1n) is 7.29. The summed E-state index contributed by atoms with van der Waals surface area (Å²) in [5.41, 5.74) is 2.08. The third-order valence-corrected chi connectivity index (χ3v) is 4.45. The van der Waals surface area contributed by atoms with Crippen LogP contribution in [-0.2, 0) is 4.79 Å². The molecule has 0 aliphatic heterocycles. The molecule has 1 aromatic carbocycles. The highest BCUT2D eigenvalue weighted by molar-refractivity contribution is 5.90. The Hall–Kier alpha value is -2.04. The van der Waals surface area contributed by atoms with E-state index < -0.39 is 11.4 Å². The number of benzene rings is 1. The van der Waals surface area contributed by atoms with Crippen LogP contribution in [0.4, 0.5) is 10.5 Å². The summed E-state index contributed by atoms with van der Waals surface area (Å²) in [5.74, 6) is -0.813. The molecule has 0 heterocycles. The van der Waals surface area contributed by atoms with Gasteiger partial charge >= 0.3 is 12.0 Å². The molecule has 1 aromatic rings. The van der Waals surface area contributed by atoms with E-state index in [9.17, 15) is 14.7 Å². The van der Waals surface area contributed by atoms with Gasteiger partial charge < -0.3 is 15.7 Å². The molecular weight excluding hydrogens is 268 g/mol. The molecule has 1 aliphatic rings. The Bertz CT molecular complexity index is 548. The maximum absolute atomic E-state index is 12.0. The minimum Gasteiger partial charge on any atom is -0.481 e. The number of amides is 2. The lowest BCUT2D eigenvalue weighted by atomic mass is 9.86. The number of rotatable bonds is 4. The molecule has 0 spiro atoms. The van der Waals surface area contributed by atoms with Gasteiger partial charge in [0.1, 0.15) is 0 Å². The molecule has 1 aliphatic carbocycles. The molecule has 5 nitrogen and oxygen atoms in total. The van der Waals surface area contributed by atoms with Crippen LogP contribution < -0.4 is 10.6 Å². The SMILES string of the molecule is Cc1cccc(NC(=O)NCC2(C(=O)O)CCCC2)c1C. The third-order valence-electron chi connectivity index (χ3n) is 4.45. The van der Waals surface area contributed by atoms with Crippen LogP contribution in [0.3, 0.4) is 0 Å². The topological polar surface area (TPSA) is 78.4 Å². The van der Waals surface area contributed by atoms with Gasteiger partial charge in [0.2, 0.25) is 0 Å². The summed E-state index contributed by atoms with van der Waals surface area (Å²) in [7, 11) is 0. The van der Waals surface area contributed by atoms with Gasteiger partial charge in [-0.1, -0.05) is 25.0 Å². The van der Waals surface area contributed by atoms with Crippen LogP contribution >= 0.6 is 0 Å². The van der Waals surface area contributed by atoms with Crippen molar-refractivity contribution in [3.63, 3.8) is 0 Å². The van der Waals surface area contributed by atoms with Crippen molar-refractivity contribution in [3.05, 3.63) is 29.3 Å². The average Bonchev–Trinajstić information content (AvgIpc) is 2.92. The van der Waals surface area contributed by atoms with Crippen molar-refractivity contribution >= 4 is 17.7 Å². The van der Waals surface area contributed by atoms with Crippen LogP contribution in [0, 0.1) is 19.3 Å². The number of carbonyl (C=O) groups is 2. The predicted molar refractivity (Wildman–Crippen MR) is 81.5 cm³/mol. The zero-order valence-corrected chi connectivity index (χ0v) is 12.5. The van der Waals surface area contributed by atoms with Gasteiger partial charge in [-0.3, -0.25) is 4.79 Å². The summed E-state index contributed by atoms with van der Waals surface area (Å²) >= 11 is 0. The van der Waals surface area contributed by atoms with E-state index in [1.54, 1.807) is 0 Å². The molecule has 2 amide bonds. The lowest BCUT2D eigenvalue weighted by Crippen LogP contribution is -2.42. The normalized spacial score (nSPS) is 16.5. The van der Waals surface area contributed by atoms with Crippen molar-refractivity contribution in [1.29, 1.82) is 0 Å². The lowest BCUT2D eigenvalue weighted by Gasteiger charge is -2.24. The van der Waals surface area contributed by atoms with Crippen LogP contribution in [-0.4, -0.2) is 23.7 Å². The molecule has 0 radical (unpaired) electrons. The van der Waals surface area contributed by atoms with Gasteiger partial charge in [-0.25, -0.2) is 4.79 Å². The molecule has 114 valence electrons. The smallest absolute Gasteiger partial charge is 0.319 e. The second-order valence-corrected chi connectivity index (χ2v) is 5.85. The molecule has 3 N–H and O–H groups in total. The van der Waals surface area contributed by atoms with Gasteiger partial charge in [0, 0.05) is 12.2 Å². The number of hydrogen-bond acceptors (Lipinski definition) is 2. The number of carbonyl (C=O) groups excluding carboxylic acids is 1. The molecule has 0 saturated heterocycles. The number of hydrogen-bond donors (Lipinski definition) is 3. The van der Waals surface area contributed by atoms with E-state index in [2.05, 4.69) is 10.6 Å². The van der Waals surface area contributed by atoms with Crippen molar-refractivity contribution < 1.29 is 14.7 Å². The number of anilines is 1. The first-order chi connectivity index (χ1) is 9.94. The molecule has 5 heteroatoms. The van der Waals surface area contributed by atoms with E-state index in [0.717, 1.165) is 29.7 Å². The molecule has 1 fully saturated rings. The standard InChI is InChI=1S/C16H22N2O3/c1-11-6-5-7-13(12(11)2)18-15(21)17-10-16(14(19)20)8-3-4-9-16/h5-7H,3-4,8-10H2,1-2H3,(H,19,20)(H2,17,18,21). The van der Waals surface area contributed by atoms with Crippen LogP contribution in [0.25, 0.3) is 0 Å². The summed E-state index contributed by atoms with van der Waals surface area (Å²) < 4.78 is 0. The Morgan fingerprint density at radius 1 is 1.24 bits per heavy atom. The fraction of sp³-hybridized carbons (Fsp3) is 0.500. The minimum absolute atomic E-state index is 0.180. The Labute approximate surface area is 124 Å². The summed E-state index contributed by atoms with van der Waals surface area (Å²) in [6, 6.07) is 5.35. The van der Waals surface area contributed by atoms with Crippen molar-refractivity contribution in [3.8, 4) is 0 Å². The molecule has 21 heavy (non-hydrogen) atoms. The first kappa shape index (κ1) is 15.4. The molecule has 1 saturated carbocycles. The summed E-state index contributed by atoms with van der Waals surface area (Å²) in [6.45, 7) is 4.11. The van der Waals surface area contributed by atoms with Crippen LogP contribution in [0.1, 0.15) is 36.8 Å². The van der Waals surface area contributed by atoms with Gasteiger partial charge in [0.25, 0.3) is 0 Å². The van der Waals surface area contributed by atoms with Gasteiger partial charge in [0.05, 0.1) is 5.41 Å². The van der Waals surface area contributed by atoms with Crippen molar-refractivity contribution in [2.45, 2.75) is 39.5 Å². The van der Waals surface area contributed by atoms with Crippen molar-refractivity contribution in [2.24, 2.45) is 5.41 Å². The quantitative estimate of drug-likeness (QED) is 0.797. The summed E-state index contributed by atoms with van der Waals surface area (Å²) in [5, 5.41) is 14.9. The zero-order chi connectivity index (χ0) is 15.5. The lowest BCUT2D eigenvalue weighted by molar-refractivity contribution is -0.148. The Morgan fingerprint density at radius 2 is 1.90 bits per heavy atom. The first-order valence-corrected chi connectivity index (χ1v) is 7.29. The van der Waals surface area contributed by atoms with Gasteiger partial charge in [0.15, 0.2) is 0 Å². The maximum atomic E-state index is 12.0. The maximum Gasteiger partial charge on any atom is 0.319 e. The highest BCUT2D eigenvalue weighted by Gasteiger charge is 2.41.